The first kappa shape index (κ1) is 30.9. The fourth-order valence-electron chi connectivity index (χ4n) is 4.99. The molecule has 4 rings (SSSR count). The SMILES string of the molecule is CCCCOC(=O)c1ncccc1[C@@H](CC(=O)OC(C)(C)C)c1cc2c(cc1N(Cc1ccccc1)C(C)C)OCO2. The second kappa shape index (κ2) is 13.7. The van der Waals surface area contributed by atoms with Crippen molar-refractivity contribution in [2.75, 3.05) is 18.3 Å². The van der Waals surface area contributed by atoms with Crippen molar-refractivity contribution in [1.29, 1.82) is 0 Å². The highest BCUT2D eigenvalue weighted by Gasteiger charge is 2.33. The molecule has 0 bridgehead atoms. The summed E-state index contributed by atoms with van der Waals surface area (Å²) in [5.74, 6) is -0.259. The zero-order valence-electron chi connectivity index (χ0n) is 25.5. The van der Waals surface area contributed by atoms with Crippen LogP contribution >= 0.6 is 0 Å². The van der Waals surface area contributed by atoms with Gasteiger partial charge in [-0.1, -0.05) is 49.7 Å². The number of pyridine rings is 1. The van der Waals surface area contributed by atoms with Gasteiger partial charge in [-0.2, -0.15) is 0 Å². The summed E-state index contributed by atoms with van der Waals surface area (Å²) in [6, 6.07) is 17.8. The monoisotopic (exact) mass is 574 g/mol. The van der Waals surface area contributed by atoms with Crippen LogP contribution in [0.1, 0.15) is 93.9 Å². The number of hydrogen-bond acceptors (Lipinski definition) is 8. The smallest absolute Gasteiger partial charge is 0.357 e. The van der Waals surface area contributed by atoms with Gasteiger partial charge in [-0.25, -0.2) is 9.78 Å². The van der Waals surface area contributed by atoms with Crippen LogP contribution in [0.2, 0.25) is 0 Å². The molecule has 2 aromatic carbocycles. The molecule has 2 heterocycles. The Bertz CT molecular complexity index is 1370. The van der Waals surface area contributed by atoms with Crippen molar-refractivity contribution in [2.45, 2.75) is 84.9 Å². The first-order chi connectivity index (χ1) is 20.1. The Morgan fingerprint density at radius 3 is 2.38 bits per heavy atom. The average molecular weight is 575 g/mol. The van der Waals surface area contributed by atoms with Crippen LogP contribution in [0, 0.1) is 0 Å². The first-order valence-corrected chi connectivity index (χ1v) is 14.6. The predicted octanol–water partition coefficient (Wildman–Crippen LogP) is 7.05. The highest BCUT2D eigenvalue weighted by atomic mass is 16.7. The quantitative estimate of drug-likeness (QED) is 0.168. The van der Waals surface area contributed by atoms with E-state index in [4.69, 9.17) is 18.9 Å². The van der Waals surface area contributed by atoms with E-state index in [1.807, 2.05) is 64.1 Å². The molecule has 0 radical (unpaired) electrons. The number of anilines is 1. The van der Waals surface area contributed by atoms with Crippen molar-refractivity contribution >= 4 is 17.6 Å². The van der Waals surface area contributed by atoms with Gasteiger partial charge in [-0.15, -0.1) is 0 Å². The summed E-state index contributed by atoms with van der Waals surface area (Å²) in [7, 11) is 0. The number of unbranched alkanes of at least 4 members (excludes halogenated alkanes) is 1. The maximum Gasteiger partial charge on any atom is 0.357 e. The van der Waals surface area contributed by atoms with Crippen LogP contribution in [0.3, 0.4) is 0 Å². The summed E-state index contributed by atoms with van der Waals surface area (Å²) in [4.78, 5) is 33.4. The Labute approximate surface area is 249 Å². The second-order valence-electron chi connectivity index (χ2n) is 11.7. The summed E-state index contributed by atoms with van der Waals surface area (Å²) < 4.78 is 23.0. The minimum Gasteiger partial charge on any atom is -0.461 e. The van der Waals surface area contributed by atoms with Gasteiger partial charge in [0.15, 0.2) is 17.2 Å². The van der Waals surface area contributed by atoms with Gasteiger partial charge in [0, 0.05) is 36.5 Å². The lowest BCUT2D eigenvalue weighted by molar-refractivity contribution is -0.155. The number of aromatic nitrogens is 1. The molecule has 0 saturated heterocycles. The maximum absolute atomic E-state index is 13.4. The standard InChI is InChI=1S/C34H42N2O6/c1-7-8-17-39-33(38)32-25(15-12-16-35-32)26(19-31(37)42-34(4,5)6)27-18-29-30(41-22-40-29)20-28(27)36(23(2)3)21-24-13-10-9-11-14-24/h9-16,18,20,23,26H,7-8,17,19,21-22H2,1-6H3/t26-/m1/s1. The van der Waals surface area contributed by atoms with Crippen molar-refractivity contribution < 1.29 is 28.5 Å². The van der Waals surface area contributed by atoms with Gasteiger partial charge in [0.25, 0.3) is 0 Å². The van der Waals surface area contributed by atoms with Gasteiger partial charge in [-0.05, 0) is 69.9 Å². The first-order valence-electron chi connectivity index (χ1n) is 14.6. The Kier molecular flexibility index (Phi) is 10.1. The Hall–Kier alpha value is -4.07. The van der Waals surface area contributed by atoms with Crippen LogP contribution in [0.5, 0.6) is 11.5 Å². The zero-order valence-corrected chi connectivity index (χ0v) is 25.5. The maximum atomic E-state index is 13.4. The molecule has 1 atom stereocenters. The van der Waals surface area contributed by atoms with Gasteiger partial charge in [0.1, 0.15) is 5.60 Å². The number of ether oxygens (including phenoxy) is 4. The molecule has 0 unspecified atom stereocenters. The van der Waals surface area contributed by atoms with Crippen LogP contribution < -0.4 is 14.4 Å². The second-order valence-corrected chi connectivity index (χ2v) is 11.7. The molecule has 3 aromatic rings. The fourth-order valence-corrected chi connectivity index (χ4v) is 4.99. The highest BCUT2D eigenvalue weighted by Crippen LogP contribution is 2.45. The van der Waals surface area contributed by atoms with E-state index in [9.17, 15) is 9.59 Å². The molecule has 8 nitrogen and oxygen atoms in total. The van der Waals surface area contributed by atoms with Crippen molar-refractivity contribution in [3.8, 4) is 11.5 Å². The third-order valence-corrected chi connectivity index (χ3v) is 6.96. The molecular formula is C34H42N2O6. The fraction of sp³-hybridized carbons (Fsp3) is 0.441. The summed E-state index contributed by atoms with van der Waals surface area (Å²) in [5.41, 5.74) is 2.93. The number of benzene rings is 2. The molecule has 0 saturated carbocycles. The van der Waals surface area contributed by atoms with Crippen LogP contribution in [0.4, 0.5) is 5.69 Å². The zero-order chi connectivity index (χ0) is 30.3. The van der Waals surface area contributed by atoms with Crippen LogP contribution in [0.25, 0.3) is 0 Å². The van der Waals surface area contributed by atoms with Gasteiger partial charge < -0.3 is 23.8 Å². The molecule has 0 N–H and O–H groups in total. The summed E-state index contributed by atoms with van der Waals surface area (Å²) >= 11 is 0. The third-order valence-electron chi connectivity index (χ3n) is 6.96. The molecule has 0 fully saturated rings. The third kappa shape index (κ3) is 7.81. The van der Waals surface area contributed by atoms with E-state index in [0.29, 0.717) is 30.2 Å². The summed E-state index contributed by atoms with van der Waals surface area (Å²) in [5, 5.41) is 0. The number of hydrogen-bond donors (Lipinski definition) is 0. The van der Waals surface area contributed by atoms with Gasteiger partial charge in [-0.3, -0.25) is 4.79 Å². The molecule has 42 heavy (non-hydrogen) atoms. The number of rotatable bonds is 12. The number of carbonyl (C=O) groups excluding carboxylic acids is 2. The molecule has 1 aliphatic rings. The largest absolute Gasteiger partial charge is 0.461 e. The van der Waals surface area contributed by atoms with Crippen molar-refractivity contribution in [3.05, 3.63) is 83.2 Å². The molecule has 0 amide bonds. The van der Waals surface area contributed by atoms with Crippen LogP contribution in [0.15, 0.2) is 60.8 Å². The van der Waals surface area contributed by atoms with Crippen molar-refractivity contribution in [1.82, 2.24) is 4.98 Å². The van der Waals surface area contributed by atoms with E-state index in [-0.39, 0.29) is 30.9 Å². The van der Waals surface area contributed by atoms with E-state index in [2.05, 4.69) is 35.9 Å². The minimum atomic E-state index is -0.673. The summed E-state index contributed by atoms with van der Waals surface area (Å²) in [6.07, 6.45) is 3.21. The number of esters is 2. The van der Waals surface area contributed by atoms with Crippen LogP contribution in [-0.4, -0.2) is 42.0 Å². The van der Waals surface area contributed by atoms with Gasteiger partial charge in [0.2, 0.25) is 6.79 Å². The molecule has 224 valence electrons. The molecular weight excluding hydrogens is 532 g/mol. The van der Waals surface area contributed by atoms with Crippen molar-refractivity contribution in [2.24, 2.45) is 0 Å². The van der Waals surface area contributed by atoms with E-state index >= 15 is 0 Å². The molecule has 0 spiro atoms. The number of nitrogens with zero attached hydrogens (tertiary/aromatic N) is 2. The van der Waals surface area contributed by atoms with E-state index < -0.39 is 17.5 Å². The molecule has 8 heteroatoms. The van der Waals surface area contributed by atoms with Crippen molar-refractivity contribution in [3.63, 3.8) is 0 Å². The van der Waals surface area contributed by atoms with E-state index in [1.54, 1.807) is 12.3 Å². The molecule has 1 aliphatic heterocycles. The topological polar surface area (TPSA) is 87.2 Å². The van der Waals surface area contributed by atoms with Gasteiger partial charge in [0.05, 0.1) is 13.0 Å². The van der Waals surface area contributed by atoms with E-state index in [0.717, 1.165) is 29.7 Å². The normalized spacial score (nSPS) is 13.1. The lowest BCUT2D eigenvalue weighted by Crippen LogP contribution is -2.32. The number of carbonyl (C=O) groups is 2. The highest BCUT2D eigenvalue weighted by molar-refractivity contribution is 5.90. The average Bonchev–Trinajstić information content (AvgIpc) is 3.41. The number of fused-ring (bicyclic) bond motifs is 1. The Morgan fingerprint density at radius 1 is 1.00 bits per heavy atom. The van der Waals surface area contributed by atoms with Crippen LogP contribution in [-0.2, 0) is 20.8 Å². The lowest BCUT2D eigenvalue weighted by atomic mass is 9.85. The lowest BCUT2D eigenvalue weighted by Gasteiger charge is -2.34. The van der Waals surface area contributed by atoms with E-state index in [1.165, 1.54) is 0 Å². The Morgan fingerprint density at radius 2 is 1.71 bits per heavy atom. The van der Waals surface area contributed by atoms with Gasteiger partial charge >= 0.3 is 11.9 Å². The Balaban J connectivity index is 1.88. The molecule has 1 aromatic heterocycles. The minimum absolute atomic E-state index is 0.0118. The summed E-state index contributed by atoms with van der Waals surface area (Å²) in [6.45, 7) is 12.8. The molecule has 0 aliphatic carbocycles. The predicted molar refractivity (Wildman–Crippen MR) is 162 cm³/mol.